The molecule has 1 fully saturated rings. The zero-order valence-electron chi connectivity index (χ0n) is 17.0. The number of hydrogen-bond donors (Lipinski definition) is 2. The van der Waals surface area contributed by atoms with Gasteiger partial charge in [0.25, 0.3) is 0 Å². The molecule has 2 heterocycles. The number of aliphatic hydroxyl groups excluding tert-OH is 1. The van der Waals surface area contributed by atoms with Gasteiger partial charge in [0.1, 0.15) is 0 Å². The second-order valence-electron chi connectivity index (χ2n) is 8.13. The Morgan fingerprint density at radius 1 is 1.17 bits per heavy atom. The Morgan fingerprint density at radius 2 is 1.90 bits per heavy atom. The van der Waals surface area contributed by atoms with Crippen LogP contribution in [0.3, 0.4) is 0 Å². The number of hydrogen-bond acceptors (Lipinski definition) is 6. The van der Waals surface area contributed by atoms with Gasteiger partial charge in [-0.15, -0.1) is 11.3 Å². The fourth-order valence-electron chi connectivity index (χ4n) is 4.27. The SMILES string of the molecule is CCC(Cc1ccccc1)C1OC(=O)C(C(c2ccc(CN)s2)C2CC2)=C(O)C1=O. The standard InChI is InChI=1S/C24H27NO4S/c1-2-15(12-14-6-4-3-5-7-14)23-22(27)21(26)20(24(28)29-23)19(16-8-9-16)18-11-10-17(13-25)30-18/h3-7,10-11,15-16,19,23,26H,2,8-9,12-13,25H2,1H3. The van der Waals surface area contributed by atoms with Crippen molar-refractivity contribution in [3.63, 3.8) is 0 Å². The Morgan fingerprint density at radius 3 is 2.50 bits per heavy atom. The van der Waals surface area contributed by atoms with Crippen molar-refractivity contribution >= 4 is 23.1 Å². The molecular weight excluding hydrogens is 398 g/mol. The smallest absolute Gasteiger partial charge is 0.339 e. The summed E-state index contributed by atoms with van der Waals surface area (Å²) in [7, 11) is 0. The molecule has 30 heavy (non-hydrogen) atoms. The molecule has 1 aromatic heterocycles. The molecule has 1 aromatic carbocycles. The molecule has 1 aliphatic carbocycles. The summed E-state index contributed by atoms with van der Waals surface area (Å²) in [5, 5.41) is 10.9. The molecule has 0 spiro atoms. The van der Waals surface area contributed by atoms with E-state index in [0.717, 1.165) is 28.2 Å². The van der Waals surface area contributed by atoms with Crippen LogP contribution in [-0.4, -0.2) is 23.0 Å². The molecule has 6 heteroatoms. The first-order valence-corrected chi connectivity index (χ1v) is 11.4. The van der Waals surface area contributed by atoms with E-state index in [1.807, 2.05) is 49.4 Å². The van der Waals surface area contributed by atoms with Crippen LogP contribution in [0.5, 0.6) is 0 Å². The number of thiophene rings is 1. The second-order valence-corrected chi connectivity index (χ2v) is 9.33. The van der Waals surface area contributed by atoms with Crippen molar-refractivity contribution in [2.75, 3.05) is 0 Å². The molecule has 5 nitrogen and oxygen atoms in total. The monoisotopic (exact) mass is 425 g/mol. The Balaban J connectivity index is 1.63. The lowest BCUT2D eigenvalue weighted by Gasteiger charge is -2.31. The summed E-state index contributed by atoms with van der Waals surface area (Å²) in [6, 6.07) is 13.7. The summed E-state index contributed by atoms with van der Waals surface area (Å²) in [5.74, 6) is -1.70. The average molecular weight is 426 g/mol. The lowest BCUT2D eigenvalue weighted by atomic mass is 9.83. The number of ether oxygens (including phenoxy) is 1. The number of carbonyl (C=O) groups is 2. The molecule has 158 valence electrons. The van der Waals surface area contributed by atoms with E-state index in [1.54, 1.807) is 0 Å². The molecule has 0 bridgehead atoms. The van der Waals surface area contributed by atoms with Crippen LogP contribution in [-0.2, 0) is 27.3 Å². The second kappa shape index (κ2) is 8.74. The minimum absolute atomic E-state index is 0.124. The third kappa shape index (κ3) is 4.07. The molecule has 2 aromatic rings. The lowest BCUT2D eigenvalue weighted by Crippen LogP contribution is -2.42. The summed E-state index contributed by atoms with van der Waals surface area (Å²) in [5.41, 5.74) is 6.94. The number of ketones is 1. The normalized spacial score (nSPS) is 21.5. The van der Waals surface area contributed by atoms with Gasteiger partial charge in [0, 0.05) is 28.1 Å². The molecule has 2 aliphatic rings. The molecule has 0 saturated heterocycles. The van der Waals surface area contributed by atoms with Gasteiger partial charge in [-0.25, -0.2) is 4.79 Å². The predicted octanol–water partition coefficient (Wildman–Crippen LogP) is 4.28. The first kappa shape index (κ1) is 20.8. The zero-order chi connectivity index (χ0) is 21.3. The summed E-state index contributed by atoms with van der Waals surface area (Å²) in [6.45, 7) is 2.40. The van der Waals surface area contributed by atoms with Gasteiger partial charge in [-0.1, -0.05) is 37.3 Å². The van der Waals surface area contributed by atoms with Crippen molar-refractivity contribution in [1.82, 2.24) is 0 Å². The van der Waals surface area contributed by atoms with Gasteiger partial charge in [0.05, 0.1) is 5.57 Å². The van der Waals surface area contributed by atoms with Crippen molar-refractivity contribution in [3.05, 3.63) is 69.1 Å². The Labute approximate surface area is 180 Å². The van der Waals surface area contributed by atoms with Crippen LogP contribution in [0.15, 0.2) is 53.8 Å². The molecule has 1 aliphatic heterocycles. The largest absolute Gasteiger partial charge is 0.504 e. The molecule has 3 atom stereocenters. The molecule has 3 N–H and O–H groups in total. The highest BCUT2D eigenvalue weighted by molar-refractivity contribution is 7.12. The summed E-state index contributed by atoms with van der Waals surface area (Å²) in [6.07, 6.45) is 2.26. The van der Waals surface area contributed by atoms with Crippen molar-refractivity contribution in [2.24, 2.45) is 17.6 Å². The van der Waals surface area contributed by atoms with Crippen LogP contribution >= 0.6 is 11.3 Å². The highest BCUT2D eigenvalue weighted by Gasteiger charge is 2.47. The van der Waals surface area contributed by atoms with E-state index in [4.69, 9.17) is 10.5 Å². The molecule has 3 unspecified atom stereocenters. The number of nitrogens with two attached hydrogens (primary N) is 1. The third-order valence-corrected chi connectivity index (χ3v) is 7.28. The number of carbonyl (C=O) groups excluding carboxylic acids is 2. The van der Waals surface area contributed by atoms with Crippen molar-refractivity contribution in [2.45, 2.75) is 51.2 Å². The number of rotatable bonds is 8. The van der Waals surface area contributed by atoms with E-state index in [1.165, 1.54) is 11.3 Å². The van der Waals surface area contributed by atoms with E-state index >= 15 is 0 Å². The maximum atomic E-state index is 13.1. The molecule has 0 amide bonds. The Bertz CT molecular complexity index is 961. The van der Waals surface area contributed by atoms with Crippen molar-refractivity contribution in [3.8, 4) is 0 Å². The van der Waals surface area contributed by atoms with Gasteiger partial charge in [0.2, 0.25) is 5.78 Å². The number of aliphatic hydroxyl groups is 1. The number of Topliss-reactive ketones (excluding diaryl/α,β-unsaturated/α-hetero) is 1. The predicted molar refractivity (Wildman–Crippen MR) is 116 cm³/mol. The van der Waals surface area contributed by atoms with Crippen LogP contribution in [0.4, 0.5) is 0 Å². The van der Waals surface area contributed by atoms with Crippen LogP contribution in [0.2, 0.25) is 0 Å². The van der Waals surface area contributed by atoms with Crippen LogP contribution in [0.25, 0.3) is 0 Å². The minimum Gasteiger partial charge on any atom is -0.504 e. The van der Waals surface area contributed by atoms with E-state index in [9.17, 15) is 14.7 Å². The number of cyclic esters (lactones) is 1. The molecule has 1 saturated carbocycles. The van der Waals surface area contributed by atoms with Gasteiger partial charge in [-0.3, -0.25) is 4.79 Å². The summed E-state index contributed by atoms with van der Waals surface area (Å²) in [4.78, 5) is 28.1. The van der Waals surface area contributed by atoms with Gasteiger partial charge in [0.15, 0.2) is 11.9 Å². The Hall–Kier alpha value is -2.44. The summed E-state index contributed by atoms with van der Waals surface area (Å²) >= 11 is 1.53. The third-order valence-electron chi connectivity index (χ3n) is 6.09. The Kier molecular flexibility index (Phi) is 6.06. The highest BCUT2D eigenvalue weighted by Crippen LogP contribution is 2.50. The van der Waals surface area contributed by atoms with E-state index in [0.29, 0.717) is 19.4 Å². The first-order chi connectivity index (χ1) is 14.5. The highest BCUT2D eigenvalue weighted by atomic mass is 32.1. The first-order valence-electron chi connectivity index (χ1n) is 10.5. The zero-order valence-corrected chi connectivity index (χ0v) is 17.9. The van der Waals surface area contributed by atoms with Crippen LogP contribution in [0, 0.1) is 11.8 Å². The van der Waals surface area contributed by atoms with Gasteiger partial charge in [-0.2, -0.15) is 0 Å². The van der Waals surface area contributed by atoms with Crippen molar-refractivity contribution in [1.29, 1.82) is 0 Å². The fourth-order valence-corrected chi connectivity index (χ4v) is 5.37. The molecule has 4 rings (SSSR count). The number of benzene rings is 1. The average Bonchev–Trinajstić information content (AvgIpc) is 3.49. The topological polar surface area (TPSA) is 89.6 Å². The van der Waals surface area contributed by atoms with Crippen LogP contribution in [0.1, 0.15) is 47.4 Å². The quantitative estimate of drug-likeness (QED) is 0.616. The van der Waals surface area contributed by atoms with Gasteiger partial charge in [-0.05, 0) is 49.3 Å². The van der Waals surface area contributed by atoms with E-state index in [-0.39, 0.29) is 23.3 Å². The van der Waals surface area contributed by atoms with Crippen LogP contribution < -0.4 is 5.73 Å². The van der Waals surface area contributed by atoms with Gasteiger partial charge >= 0.3 is 5.97 Å². The molecular formula is C24H27NO4S. The minimum atomic E-state index is -0.950. The van der Waals surface area contributed by atoms with Gasteiger partial charge < -0.3 is 15.6 Å². The fraction of sp³-hybridized carbons (Fsp3) is 0.417. The maximum Gasteiger partial charge on any atom is 0.339 e. The van der Waals surface area contributed by atoms with E-state index < -0.39 is 23.6 Å². The summed E-state index contributed by atoms with van der Waals surface area (Å²) < 4.78 is 5.69. The maximum absolute atomic E-state index is 13.1. The lowest BCUT2D eigenvalue weighted by molar-refractivity contribution is -0.158. The van der Waals surface area contributed by atoms with Crippen molar-refractivity contribution < 1.29 is 19.4 Å². The van der Waals surface area contributed by atoms with E-state index in [2.05, 4.69) is 0 Å². The molecule has 0 radical (unpaired) electrons. The number of esters is 1.